The van der Waals surface area contributed by atoms with Crippen LogP contribution in [0.3, 0.4) is 0 Å². The Bertz CT molecular complexity index is 375. The maximum Gasteiger partial charge on any atom is 0.329 e. The van der Waals surface area contributed by atoms with Crippen LogP contribution in [0.5, 0.6) is 0 Å². The summed E-state index contributed by atoms with van der Waals surface area (Å²) in [7, 11) is 1.66. The normalized spacial score (nSPS) is 28.8. The van der Waals surface area contributed by atoms with E-state index in [0.29, 0.717) is 19.5 Å². The Morgan fingerprint density at radius 1 is 1.32 bits per heavy atom. The van der Waals surface area contributed by atoms with Gasteiger partial charge in [-0.2, -0.15) is 0 Å². The van der Waals surface area contributed by atoms with Crippen LogP contribution >= 0.6 is 0 Å². The average molecular weight is 270 g/mol. The average Bonchev–Trinajstić information content (AvgIpc) is 2.72. The summed E-state index contributed by atoms with van der Waals surface area (Å²) in [6, 6.07) is -0.300. The van der Waals surface area contributed by atoms with Crippen molar-refractivity contribution in [3.63, 3.8) is 0 Å². The first kappa shape index (κ1) is 14.1. The lowest BCUT2D eigenvalue weighted by Crippen LogP contribution is -2.57. The molecule has 1 heterocycles. The molecule has 1 saturated heterocycles. The number of urea groups is 1. The molecule has 0 radical (unpaired) electrons. The number of nitrogens with zero attached hydrogens (tertiary/aromatic N) is 1. The minimum Gasteiger partial charge on any atom is -0.480 e. The molecule has 1 unspecified atom stereocenters. The number of carbonyl (C=O) groups is 2. The van der Waals surface area contributed by atoms with E-state index in [1.54, 1.807) is 14.0 Å². The molecular weight excluding hydrogens is 248 g/mol. The molecule has 0 aromatic carbocycles. The van der Waals surface area contributed by atoms with Crippen molar-refractivity contribution >= 4 is 12.0 Å². The number of aliphatic carboxylic acids is 1. The van der Waals surface area contributed by atoms with Gasteiger partial charge in [-0.25, -0.2) is 9.59 Å². The van der Waals surface area contributed by atoms with Crippen molar-refractivity contribution in [2.45, 2.75) is 50.2 Å². The van der Waals surface area contributed by atoms with E-state index in [2.05, 4.69) is 5.32 Å². The number of carboxylic acids is 1. The van der Waals surface area contributed by atoms with Gasteiger partial charge in [0.15, 0.2) is 0 Å². The largest absolute Gasteiger partial charge is 0.480 e. The highest BCUT2D eigenvalue weighted by molar-refractivity contribution is 5.86. The number of rotatable bonds is 4. The highest BCUT2D eigenvalue weighted by atomic mass is 16.5. The van der Waals surface area contributed by atoms with Crippen LogP contribution in [0.1, 0.15) is 39.0 Å². The summed E-state index contributed by atoms with van der Waals surface area (Å²) in [5, 5.41) is 12.1. The van der Waals surface area contributed by atoms with Crippen molar-refractivity contribution in [1.82, 2.24) is 10.2 Å². The molecule has 2 amide bonds. The zero-order chi connectivity index (χ0) is 14.1. The van der Waals surface area contributed by atoms with E-state index >= 15 is 0 Å². The van der Waals surface area contributed by atoms with Crippen molar-refractivity contribution in [1.29, 1.82) is 0 Å². The zero-order valence-electron chi connectivity index (χ0n) is 11.6. The molecule has 1 aliphatic heterocycles. The van der Waals surface area contributed by atoms with Crippen LogP contribution in [0.2, 0.25) is 0 Å². The first-order valence-corrected chi connectivity index (χ1v) is 6.78. The second-order valence-electron chi connectivity index (χ2n) is 5.73. The molecule has 0 aromatic rings. The van der Waals surface area contributed by atoms with Gasteiger partial charge in [-0.3, -0.25) is 0 Å². The summed E-state index contributed by atoms with van der Waals surface area (Å²) in [6.45, 7) is 2.56. The molecule has 0 spiro atoms. The van der Waals surface area contributed by atoms with Gasteiger partial charge in [0.25, 0.3) is 0 Å². The maximum absolute atomic E-state index is 12.2. The Hall–Kier alpha value is -1.30. The Labute approximate surface area is 113 Å². The highest BCUT2D eigenvalue weighted by Gasteiger charge is 2.46. The Morgan fingerprint density at radius 3 is 2.47 bits per heavy atom. The van der Waals surface area contributed by atoms with Gasteiger partial charge in [0.05, 0.1) is 5.60 Å². The maximum atomic E-state index is 12.2. The Kier molecular flexibility index (Phi) is 3.71. The van der Waals surface area contributed by atoms with E-state index in [9.17, 15) is 14.7 Å². The molecule has 1 atom stereocenters. The third kappa shape index (κ3) is 2.41. The standard InChI is InChI=1S/C13H22N2O4/c1-12(10(16)17)5-4-8-15(12)11(18)14-9-13(19-2)6-3-7-13/h3-9H2,1-2H3,(H,14,18)(H,16,17). The summed E-state index contributed by atoms with van der Waals surface area (Å²) in [6.07, 6.45) is 4.23. The van der Waals surface area contributed by atoms with E-state index in [1.165, 1.54) is 4.90 Å². The fraction of sp³-hybridized carbons (Fsp3) is 0.846. The Morgan fingerprint density at radius 2 is 2.00 bits per heavy atom. The number of likely N-dealkylation sites (tertiary alicyclic amines) is 1. The summed E-state index contributed by atoms with van der Waals surface area (Å²) in [5.41, 5.74) is -1.32. The predicted molar refractivity (Wildman–Crippen MR) is 69.0 cm³/mol. The van der Waals surface area contributed by atoms with Gasteiger partial charge < -0.3 is 20.1 Å². The van der Waals surface area contributed by atoms with E-state index in [-0.39, 0.29) is 11.6 Å². The van der Waals surface area contributed by atoms with Gasteiger partial charge in [-0.1, -0.05) is 0 Å². The Balaban J connectivity index is 1.94. The minimum absolute atomic E-state index is 0.241. The van der Waals surface area contributed by atoms with Crippen LogP contribution in [0.15, 0.2) is 0 Å². The van der Waals surface area contributed by atoms with Crippen LogP contribution in [0.25, 0.3) is 0 Å². The molecular formula is C13H22N2O4. The molecule has 2 fully saturated rings. The molecule has 0 bridgehead atoms. The third-order valence-electron chi connectivity index (χ3n) is 4.61. The number of carbonyl (C=O) groups excluding carboxylic acids is 1. The number of methoxy groups -OCH3 is 1. The number of ether oxygens (including phenoxy) is 1. The molecule has 19 heavy (non-hydrogen) atoms. The van der Waals surface area contributed by atoms with E-state index in [1.807, 2.05) is 0 Å². The van der Waals surface area contributed by atoms with Crippen LogP contribution < -0.4 is 5.32 Å². The van der Waals surface area contributed by atoms with Gasteiger partial charge in [0.1, 0.15) is 5.54 Å². The van der Waals surface area contributed by atoms with Crippen molar-refractivity contribution in [2.24, 2.45) is 0 Å². The topological polar surface area (TPSA) is 78.9 Å². The van der Waals surface area contributed by atoms with Crippen molar-refractivity contribution in [3.05, 3.63) is 0 Å². The molecule has 1 saturated carbocycles. The number of nitrogens with one attached hydrogen (secondary N) is 1. The van der Waals surface area contributed by atoms with Crippen molar-refractivity contribution in [3.8, 4) is 0 Å². The van der Waals surface area contributed by atoms with Crippen molar-refractivity contribution in [2.75, 3.05) is 20.2 Å². The molecule has 6 nitrogen and oxygen atoms in total. The van der Waals surface area contributed by atoms with Crippen LogP contribution in [-0.4, -0.2) is 53.3 Å². The number of amides is 2. The van der Waals surface area contributed by atoms with Gasteiger partial charge in [-0.15, -0.1) is 0 Å². The lowest BCUT2D eigenvalue weighted by Gasteiger charge is -2.41. The summed E-state index contributed by atoms with van der Waals surface area (Å²) < 4.78 is 5.44. The zero-order valence-corrected chi connectivity index (χ0v) is 11.6. The molecule has 2 aliphatic rings. The van der Waals surface area contributed by atoms with Crippen LogP contribution in [0, 0.1) is 0 Å². The smallest absolute Gasteiger partial charge is 0.329 e. The monoisotopic (exact) mass is 270 g/mol. The lowest BCUT2D eigenvalue weighted by atomic mass is 9.80. The van der Waals surface area contributed by atoms with E-state index in [0.717, 1.165) is 25.7 Å². The molecule has 2 N–H and O–H groups in total. The fourth-order valence-corrected chi connectivity index (χ4v) is 2.87. The van der Waals surface area contributed by atoms with E-state index in [4.69, 9.17) is 4.74 Å². The molecule has 0 aromatic heterocycles. The van der Waals surface area contributed by atoms with Gasteiger partial charge in [0.2, 0.25) is 0 Å². The van der Waals surface area contributed by atoms with Gasteiger partial charge >= 0.3 is 12.0 Å². The predicted octanol–water partition coefficient (Wildman–Crippen LogP) is 1.20. The highest BCUT2D eigenvalue weighted by Crippen LogP contribution is 2.34. The number of hydrogen-bond donors (Lipinski definition) is 2. The summed E-state index contributed by atoms with van der Waals surface area (Å²) in [5.74, 6) is -0.940. The molecule has 108 valence electrons. The minimum atomic E-state index is -1.08. The quantitative estimate of drug-likeness (QED) is 0.804. The van der Waals surface area contributed by atoms with Crippen LogP contribution in [0.4, 0.5) is 4.79 Å². The number of hydrogen-bond acceptors (Lipinski definition) is 3. The fourth-order valence-electron chi connectivity index (χ4n) is 2.87. The van der Waals surface area contributed by atoms with E-state index < -0.39 is 11.5 Å². The second-order valence-corrected chi connectivity index (χ2v) is 5.73. The lowest BCUT2D eigenvalue weighted by molar-refractivity contribution is -0.147. The number of carboxylic acid groups (broad SMARTS) is 1. The first-order valence-electron chi connectivity index (χ1n) is 6.78. The summed E-state index contributed by atoms with van der Waals surface area (Å²) >= 11 is 0. The molecule has 6 heteroatoms. The van der Waals surface area contributed by atoms with Gasteiger partial charge in [-0.05, 0) is 39.0 Å². The molecule has 2 rings (SSSR count). The third-order valence-corrected chi connectivity index (χ3v) is 4.61. The van der Waals surface area contributed by atoms with Crippen LogP contribution in [-0.2, 0) is 9.53 Å². The summed E-state index contributed by atoms with van der Waals surface area (Å²) in [4.78, 5) is 24.9. The SMILES string of the molecule is COC1(CNC(=O)N2CCCC2(C)C(=O)O)CCC1. The first-order chi connectivity index (χ1) is 8.93. The molecule has 1 aliphatic carbocycles. The van der Waals surface area contributed by atoms with Crippen molar-refractivity contribution < 1.29 is 19.4 Å². The van der Waals surface area contributed by atoms with Gasteiger partial charge in [0, 0.05) is 20.2 Å². The second kappa shape index (κ2) is 5.00.